The number of benzene rings is 3. The standard InChI is InChI=1S/C23H21BrN2O3/c1-17-13-20(24)11-12-21(17)29-16-23(27)26-25-14-19-9-5-6-10-22(19)28-15-18-7-3-2-4-8-18/h2-14H,15-16H2,1H3,(H,26,27)/b25-14+. The molecule has 0 aliphatic carbocycles. The Morgan fingerprint density at radius 3 is 2.55 bits per heavy atom. The lowest BCUT2D eigenvalue weighted by Gasteiger charge is -2.09. The molecule has 0 radical (unpaired) electrons. The van der Waals surface area contributed by atoms with Crippen molar-refractivity contribution in [2.24, 2.45) is 5.10 Å². The first-order valence-electron chi connectivity index (χ1n) is 9.08. The van der Waals surface area contributed by atoms with Crippen molar-refractivity contribution in [1.29, 1.82) is 0 Å². The second-order valence-corrected chi connectivity index (χ2v) is 7.22. The van der Waals surface area contributed by atoms with Crippen molar-refractivity contribution >= 4 is 28.1 Å². The fraction of sp³-hybridized carbons (Fsp3) is 0.130. The highest BCUT2D eigenvalue weighted by molar-refractivity contribution is 9.10. The summed E-state index contributed by atoms with van der Waals surface area (Å²) in [5.41, 5.74) is 5.27. The fourth-order valence-corrected chi connectivity index (χ4v) is 3.05. The highest BCUT2D eigenvalue weighted by atomic mass is 79.9. The number of nitrogens with zero attached hydrogens (tertiary/aromatic N) is 1. The summed E-state index contributed by atoms with van der Waals surface area (Å²) in [7, 11) is 0. The number of aryl methyl sites for hydroxylation is 1. The zero-order chi connectivity index (χ0) is 20.5. The van der Waals surface area contributed by atoms with Gasteiger partial charge < -0.3 is 9.47 Å². The van der Waals surface area contributed by atoms with Crippen LogP contribution < -0.4 is 14.9 Å². The Labute approximate surface area is 178 Å². The maximum atomic E-state index is 12.0. The number of halogens is 1. The fourth-order valence-electron chi connectivity index (χ4n) is 2.58. The molecular formula is C23H21BrN2O3. The van der Waals surface area contributed by atoms with Crippen molar-refractivity contribution < 1.29 is 14.3 Å². The first kappa shape index (κ1) is 20.6. The quantitative estimate of drug-likeness (QED) is 0.391. The lowest BCUT2D eigenvalue weighted by molar-refractivity contribution is -0.123. The van der Waals surface area contributed by atoms with Crippen molar-refractivity contribution in [3.8, 4) is 11.5 Å². The Balaban J connectivity index is 1.52. The van der Waals surface area contributed by atoms with Gasteiger partial charge in [0.2, 0.25) is 0 Å². The summed E-state index contributed by atoms with van der Waals surface area (Å²) in [5.74, 6) is 1.01. The van der Waals surface area contributed by atoms with Gasteiger partial charge in [0, 0.05) is 10.0 Å². The van der Waals surface area contributed by atoms with Crippen molar-refractivity contribution in [1.82, 2.24) is 5.43 Å². The molecule has 3 aromatic rings. The van der Waals surface area contributed by atoms with Crippen LogP contribution in [0.1, 0.15) is 16.7 Å². The van der Waals surface area contributed by atoms with Gasteiger partial charge in [0.25, 0.3) is 5.91 Å². The summed E-state index contributed by atoms with van der Waals surface area (Å²) in [6.07, 6.45) is 1.56. The molecule has 5 nitrogen and oxygen atoms in total. The molecular weight excluding hydrogens is 432 g/mol. The number of nitrogens with one attached hydrogen (secondary N) is 1. The highest BCUT2D eigenvalue weighted by Crippen LogP contribution is 2.22. The minimum atomic E-state index is -0.341. The number of rotatable bonds is 8. The molecule has 148 valence electrons. The molecule has 3 rings (SSSR count). The third-order valence-electron chi connectivity index (χ3n) is 4.04. The summed E-state index contributed by atoms with van der Waals surface area (Å²) < 4.78 is 12.4. The van der Waals surface area contributed by atoms with E-state index < -0.39 is 0 Å². The van der Waals surface area contributed by atoms with Crippen LogP contribution in [0, 0.1) is 6.92 Å². The topological polar surface area (TPSA) is 59.9 Å². The van der Waals surface area contributed by atoms with Crippen molar-refractivity contribution in [3.05, 3.63) is 94.0 Å². The van der Waals surface area contributed by atoms with Gasteiger partial charge in [-0.2, -0.15) is 5.10 Å². The van der Waals surface area contributed by atoms with Gasteiger partial charge in [-0.15, -0.1) is 0 Å². The van der Waals surface area contributed by atoms with E-state index >= 15 is 0 Å². The largest absolute Gasteiger partial charge is 0.488 e. The average molecular weight is 453 g/mol. The SMILES string of the molecule is Cc1cc(Br)ccc1OCC(=O)N/N=C/c1ccccc1OCc1ccccc1. The van der Waals surface area contributed by atoms with Gasteiger partial charge in [0.15, 0.2) is 6.61 Å². The number of hydrogen-bond acceptors (Lipinski definition) is 4. The van der Waals surface area contributed by atoms with Crippen LogP contribution in [0.2, 0.25) is 0 Å². The highest BCUT2D eigenvalue weighted by Gasteiger charge is 2.05. The van der Waals surface area contributed by atoms with Crippen molar-refractivity contribution in [2.75, 3.05) is 6.61 Å². The van der Waals surface area contributed by atoms with Crippen molar-refractivity contribution in [3.63, 3.8) is 0 Å². The Kier molecular flexibility index (Phi) is 7.41. The lowest BCUT2D eigenvalue weighted by Crippen LogP contribution is -2.24. The third-order valence-corrected chi connectivity index (χ3v) is 4.54. The number of carbonyl (C=O) groups is 1. The van der Waals surface area contributed by atoms with E-state index in [2.05, 4.69) is 26.5 Å². The molecule has 0 bridgehead atoms. The molecule has 0 saturated heterocycles. The number of hydrogen-bond donors (Lipinski definition) is 1. The first-order valence-corrected chi connectivity index (χ1v) is 9.88. The average Bonchev–Trinajstić information content (AvgIpc) is 2.73. The first-order chi connectivity index (χ1) is 14.1. The zero-order valence-corrected chi connectivity index (χ0v) is 17.6. The summed E-state index contributed by atoms with van der Waals surface area (Å²) in [6.45, 7) is 2.26. The van der Waals surface area contributed by atoms with E-state index in [-0.39, 0.29) is 12.5 Å². The second kappa shape index (κ2) is 10.4. The Morgan fingerprint density at radius 1 is 1.00 bits per heavy atom. The van der Waals surface area contributed by atoms with Gasteiger partial charge in [-0.05, 0) is 48.4 Å². The van der Waals surface area contributed by atoms with Crippen LogP contribution >= 0.6 is 15.9 Å². The Hall–Kier alpha value is -3.12. The minimum Gasteiger partial charge on any atom is -0.488 e. The van der Waals surface area contributed by atoms with E-state index in [4.69, 9.17) is 9.47 Å². The molecule has 0 fully saturated rings. The molecule has 0 aliphatic heterocycles. The maximum Gasteiger partial charge on any atom is 0.277 e. The van der Waals surface area contributed by atoms with E-state index in [9.17, 15) is 4.79 Å². The van der Waals surface area contributed by atoms with E-state index in [0.717, 1.165) is 21.2 Å². The number of carbonyl (C=O) groups excluding carboxylic acids is 1. The van der Waals surface area contributed by atoms with Crippen LogP contribution in [-0.4, -0.2) is 18.7 Å². The van der Waals surface area contributed by atoms with E-state index in [0.29, 0.717) is 18.1 Å². The van der Waals surface area contributed by atoms with Crippen LogP contribution in [0.4, 0.5) is 0 Å². The molecule has 0 aromatic heterocycles. The molecule has 0 saturated carbocycles. The third kappa shape index (κ3) is 6.47. The molecule has 0 heterocycles. The Bertz CT molecular complexity index is 990. The number of amides is 1. The zero-order valence-electron chi connectivity index (χ0n) is 16.0. The molecule has 3 aromatic carbocycles. The van der Waals surface area contributed by atoms with Gasteiger partial charge in [-0.25, -0.2) is 5.43 Å². The smallest absolute Gasteiger partial charge is 0.277 e. The van der Waals surface area contributed by atoms with Gasteiger partial charge >= 0.3 is 0 Å². The minimum absolute atomic E-state index is 0.119. The maximum absolute atomic E-state index is 12.0. The molecule has 0 spiro atoms. The lowest BCUT2D eigenvalue weighted by atomic mass is 10.2. The molecule has 0 atom stereocenters. The number of hydrazone groups is 1. The Morgan fingerprint density at radius 2 is 1.76 bits per heavy atom. The predicted octanol–water partition coefficient (Wildman–Crippen LogP) is 4.87. The monoisotopic (exact) mass is 452 g/mol. The van der Waals surface area contributed by atoms with Crippen LogP contribution in [0.5, 0.6) is 11.5 Å². The molecule has 1 N–H and O–H groups in total. The van der Waals surface area contributed by atoms with Crippen LogP contribution in [0.3, 0.4) is 0 Å². The molecule has 29 heavy (non-hydrogen) atoms. The normalized spacial score (nSPS) is 10.7. The van der Waals surface area contributed by atoms with E-state index in [1.54, 1.807) is 6.21 Å². The van der Waals surface area contributed by atoms with Crippen molar-refractivity contribution in [2.45, 2.75) is 13.5 Å². The molecule has 0 aliphatic rings. The van der Waals surface area contributed by atoms with Gasteiger partial charge in [-0.3, -0.25) is 4.79 Å². The van der Waals surface area contributed by atoms with Gasteiger partial charge in [-0.1, -0.05) is 58.4 Å². The summed E-state index contributed by atoms with van der Waals surface area (Å²) in [4.78, 5) is 12.0. The van der Waals surface area contributed by atoms with Gasteiger partial charge in [0.1, 0.15) is 18.1 Å². The summed E-state index contributed by atoms with van der Waals surface area (Å²) in [5, 5.41) is 4.01. The molecule has 1 amide bonds. The molecule has 0 unspecified atom stereocenters. The van der Waals surface area contributed by atoms with E-state index in [1.807, 2.05) is 79.7 Å². The molecule has 6 heteroatoms. The number of ether oxygens (including phenoxy) is 2. The summed E-state index contributed by atoms with van der Waals surface area (Å²) >= 11 is 3.40. The second-order valence-electron chi connectivity index (χ2n) is 6.30. The van der Waals surface area contributed by atoms with Crippen LogP contribution in [0.25, 0.3) is 0 Å². The van der Waals surface area contributed by atoms with Gasteiger partial charge in [0.05, 0.1) is 6.21 Å². The predicted molar refractivity (Wildman–Crippen MR) is 117 cm³/mol. The summed E-state index contributed by atoms with van der Waals surface area (Å²) in [6, 6.07) is 23.0. The van der Waals surface area contributed by atoms with Crippen LogP contribution in [-0.2, 0) is 11.4 Å². The van der Waals surface area contributed by atoms with Crippen LogP contribution in [0.15, 0.2) is 82.4 Å². The number of para-hydroxylation sites is 1. The van der Waals surface area contributed by atoms with E-state index in [1.165, 1.54) is 0 Å².